The summed E-state index contributed by atoms with van der Waals surface area (Å²) in [6.45, 7) is 1.88. The van der Waals surface area contributed by atoms with E-state index in [0.29, 0.717) is 17.3 Å². The van der Waals surface area contributed by atoms with E-state index in [1.54, 1.807) is 6.92 Å². The van der Waals surface area contributed by atoms with Crippen LogP contribution in [0.1, 0.15) is 11.5 Å². The third-order valence-electron chi connectivity index (χ3n) is 3.12. The molecule has 112 valence electrons. The fourth-order valence-corrected chi connectivity index (χ4v) is 2.64. The molecule has 0 saturated heterocycles. The van der Waals surface area contributed by atoms with Gasteiger partial charge in [-0.05, 0) is 18.4 Å². The van der Waals surface area contributed by atoms with Crippen LogP contribution in [-0.4, -0.2) is 14.5 Å². The van der Waals surface area contributed by atoms with Crippen molar-refractivity contribution in [2.45, 2.75) is 13.5 Å². The maximum absolute atomic E-state index is 11.8. The Morgan fingerprint density at radius 1 is 1.41 bits per heavy atom. The number of hydrogen-bond acceptors (Lipinski definition) is 6. The number of nitrogens with zero attached hydrogens (tertiary/aromatic N) is 3. The van der Waals surface area contributed by atoms with E-state index >= 15 is 0 Å². The minimum Gasteiger partial charge on any atom is -0.440 e. The van der Waals surface area contributed by atoms with Gasteiger partial charge in [0.05, 0.1) is 22.5 Å². The predicted octanol–water partition coefficient (Wildman–Crippen LogP) is 2.83. The van der Waals surface area contributed by atoms with E-state index in [4.69, 9.17) is 4.42 Å². The summed E-state index contributed by atoms with van der Waals surface area (Å²) in [7, 11) is 0. The number of thiophene rings is 1. The molecule has 0 aliphatic carbocycles. The lowest BCUT2D eigenvalue weighted by atomic mass is 10.3. The van der Waals surface area contributed by atoms with Crippen molar-refractivity contribution < 1.29 is 9.34 Å². The Bertz CT molecular complexity index is 880. The number of aryl methyl sites for hydroxylation is 1. The van der Waals surface area contributed by atoms with Crippen molar-refractivity contribution in [2.24, 2.45) is 0 Å². The molecule has 0 bridgehead atoms. The van der Waals surface area contributed by atoms with Crippen molar-refractivity contribution >= 4 is 17.0 Å². The Hall–Kier alpha value is -2.74. The molecule has 0 N–H and O–H groups in total. The van der Waals surface area contributed by atoms with Crippen LogP contribution in [-0.2, 0) is 6.54 Å². The van der Waals surface area contributed by atoms with E-state index in [0.717, 1.165) is 4.88 Å². The first-order chi connectivity index (χ1) is 10.5. The van der Waals surface area contributed by atoms with Crippen molar-refractivity contribution in [1.29, 1.82) is 0 Å². The maximum atomic E-state index is 11.8. The Labute approximate surface area is 128 Å². The van der Waals surface area contributed by atoms with Gasteiger partial charge in [-0.2, -0.15) is 0 Å². The third kappa shape index (κ3) is 2.68. The average Bonchev–Trinajstić information content (AvgIpc) is 3.11. The second-order valence-corrected chi connectivity index (χ2v) is 5.56. The maximum Gasteiger partial charge on any atom is 0.285 e. The standard InChI is InChI=1S/C14H11N3O4S/c1-9-11(15-14(21-9)12-3-2-6-22-12)8-16-7-10(17(19)20)4-5-13(16)18/h2-7H,8H2,1H3. The first kappa shape index (κ1) is 14.2. The van der Waals surface area contributed by atoms with Gasteiger partial charge in [0.15, 0.2) is 0 Å². The smallest absolute Gasteiger partial charge is 0.285 e. The normalized spacial score (nSPS) is 10.8. The van der Waals surface area contributed by atoms with Gasteiger partial charge in [-0.1, -0.05) is 6.07 Å². The molecule has 22 heavy (non-hydrogen) atoms. The Morgan fingerprint density at radius 2 is 2.23 bits per heavy atom. The van der Waals surface area contributed by atoms with Crippen LogP contribution in [0.15, 0.2) is 45.1 Å². The van der Waals surface area contributed by atoms with Gasteiger partial charge >= 0.3 is 0 Å². The summed E-state index contributed by atoms with van der Waals surface area (Å²) < 4.78 is 6.85. The molecular formula is C14H11N3O4S. The summed E-state index contributed by atoms with van der Waals surface area (Å²) in [5, 5.41) is 12.7. The van der Waals surface area contributed by atoms with E-state index in [-0.39, 0.29) is 17.8 Å². The van der Waals surface area contributed by atoms with Crippen LogP contribution >= 0.6 is 11.3 Å². The van der Waals surface area contributed by atoms with Crippen LogP contribution in [0.25, 0.3) is 10.8 Å². The monoisotopic (exact) mass is 317 g/mol. The van der Waals surface area contributed by atoms with Crippen LogP contribution in [0.5, 0.6) is 0 Å². The molecule has 0 spiro atoms. The van der Waals surface area contributed by atoms with E-state index in [2.05, 4.69) is 4.98 Å². The van der Waals surface area contributed by atoms with Crippen molar-refractivity contribution in [2.75, 3.05) is 0 Å². The van der Waals surface area contributed by atoms with Crippen molar-refractivity contribution in [3.8, 4) is 10.8 Å². The second-order valence-electron chi connectivity index (χ2n) is 4.61. The zero-order chi connectivity index (χ0) is 15.7. The van der Waals surface area contributed by atoms with Crippen molar-refractivity contribution in [3.05, 3.63) is 67.8 Å². The number of hydrogen-bond donors (Lipinski definition) is 0. The molecule has 3 heterocycles. The molecule has 3 aromatic heterocycles. The fraction of sp³-hybridized carbons (Fsp3) is 0.143. The molecule has 0 fully saturated rings. The largest absolute Gasteiger partial charge is 0.440 e. The summed E-state index contributed by atoms with van der Waals surface area (Å²) in [5.41, 5.74) is 0.107. The van der Waals surface area contributed by atoms with Crippen LogP contribution in [0.2, 0.25) is 0 Å². The third-order valence-corrected chi connectivity index (χ3v) is 3.98. The van der Waals surface area contributed by atoms with E-state index in [1.165, 1.54) is 34.2 Å². The van der Waals surface area contributed by atoms with Gasteiger partial charge in [0, 0.05) is 12.1 Å². The van der Waals surface area contributed by atoms with E-state index in [9.17, 15) is 14.9 Å². The zero-order valence-electron chi connectivity index (χ0n) is 11.6. The van der Waals surface area contributed by atoms with Gasteiger partial charge in [0.2, 0.25) is 5.89 Å². The SMILES string of the molecule is Cc1oc(-c2cccs2)nc1Cn1cc([N+](=O)[O-])ccc1=O. The molecular weight excluding hydrogens is 306 g/mol. The number of nitro groups is 1. The predicted molar refractivity (Wildman–Crippen MR) is 81.0 cm³/mol. The molecule has 8 heteroatoms. The lowest BCUT2D eigenvalue weighted by Gasteiger charge is -2.02. The van der Waals surface area contributed by atoms with Gasteiger partial charge in [-0.15, -0.1) is 11.3 Å². The molecule has 0 saturated carbocycles. The van der Waals surface area contributed by atoms with Gasteiger partial charge < -0.3 is 8.98 Å². The molecule has 3 rings (SSSR count). The first-order valence-electron chi connectivity index (χ1n) is 6.39. The van der Waals surface area contributed by atoms with Crippen LogP contribution in [0.4, 0.5) is 5.69 Å². The van der Waals surface area contributed by atoms with Crippen molar-refractivity contribution in [3.63, 3.8) is 0 Å². The highest BCUT2D eigenvalue weighted by Gasteiger charge is 2.14. The minimum atomic E-state index is -0.539. The van der Waals surface area contributed by atoms with Crippen LogP contribution in [0, 0.1) is 17.0 Å². The average molecular weight is 317 g/mol. The summed E-state index contributed by atoms with van der Waals surface area (Å²) in [4.78, 5) is 27.4. The minimum absolute atomic E-state index is 0.126. The molecule has 7 nitrogen and oxygen atoms in total. The quantitative estimate of drug-likeness (QED) is 0.545. The Kier molecular flexibility index (Phi) is 3.60. The zero-order valence-corrected chi connectivity index (χ0v) is 12.4. The number of rotatable bonds is 4. The highest BCUT2D eigenvalue weighted by molar-refractivity contribution is 7.13. The van der Waals surface area contributed by atoms with Gasteiger partial charge in [0.25, 0.3) is 11.2 Å². The lowest BCUT2D eigenvalue weighted by Crippen LogP contribution is -2.19. The molecule has 0 aliphatic heterocycles. The molecule has 0 aromatic carbocycles. The lowest BCUT2D eigenvalue weighted by molar-refractivity contribution is -0.385. The Morgan fingerprint density at radius 3 is 2.91 bits per heavy atom. The summed E-state index contributed by atoms with van der Waals surface area (Å²) in [6, 6.07) is 6.14. The van der Waals surface area contributed by atoms with Crippen molar-refractivity contribution in [1.82, 2.24) is 9.55 Å². The van der Waals surface area contributed by atoms with E-state index < -0.39 is 4.92 Å². The molecule has 0 radical (unpaired) electrons. The molecule has 3 aromatic rings. The topological polar surface area (TPSA) is 91.2 Å². The molecule has 0 aliphatic rings. The highest BCUT2D eigenvalue weighted by Crippen LogP contribution is 2.26. The van der Waals surface area contributed by atoms with Crippen LogP contribution in [0.3, 0.4) is 0 Å². The van der Waals surface area contributed by atoms with E-state index in [1.807, 2.05) is 17.5 Å². The molecule has 0 amide bonds. The van der Waals surface area contributed by atoms with Crippen LogP contribution < -0.4 is 5.56 Å². The number of oxazole rings is 1. The Balaban J connectivity index is 1.95. The number of pyridine rings is 1. The summed E-state index contributed by atoms with van der Waals surface area (Å²) in [6.07, 6.45) is 1.21. The summed E-state index contributed by atoms with van der Waals surface area (Å²) >= 11 is 1.50. The van der Waals surface area contributed by atoms with Gasteiger partial charge in [-0.25, -0.2) is 4.98 Å². The summed E-state index contributed by atoms with van der Waals surface area (Å²) in [5.74, 6) is 1.07. The number of aromatic nitrogens is 2. The fourth-order valence-electron chi connectivity index (χ4n) is 1.99. The molecule has 0 atom stereocenters. The van der Waals surface area contributed by atoms with Gasteiger partial charge in [-0.3, -0.25) is 14.9 Å². The first-order valence-corrected chi connectivity index (χ1v) is 7.27. The second kappa shape index (κ2) is 5.57. The molecule has 0 unspecified atom stereocenters. The van der Waals surface area contributed by atoms with Gasteiger partial charge in [0.1, 0.15) is 11.5 Å². The highest BCUT2D eigenvalue weighted by atomic mass is 32.1.